The van der Waals surface area contributed by atoms with E-state index in [-0.39, 0.29) is 25.4 Å². The summed E-state index contributed by atoms with van der Waals surface area (Å²) in [5.74, 6) is -2.79. The first-order valence-corrected chi connectivity index (χ1v) is 21.1. The molecule has 3 aromatic carbocycles. The van der Waals surface area contributed by atoms with Crippen LogP contribution in [0.2, 0.25) is 0 Å². The van der Waals surface area contributed by atoms with Crippen LogP contribution < -0.4 is 0 Å². The van der Waals surface area contributed by atoms with E-state index >= 15 is 0 Å². The second-order valence-electron chi connectivity index (χ2n) is 16.6. The van der Waals surface area contributed by atoms with Crippen molar-refractivity contribution in [3.63, 3.8) is 0 Å². The predicted molar refractivity (Wildman–Crippen MR) is 221 cm³/mol. The average molecular weight is 876 g/mol. The molecule has 3 aromatic rings. The SMILES string of the molecule is BrCc1ccccc1.CC1(C)OC[C@H]([C@@H](O)[C@H](O)[C@H]2COC(C)(C)O2)O1.CC1(C)OC[C@H]([C@@H](OCc2ccccc2)[C@H](OCc2ccccc2)[C@H]2COC(C)(C)O2)O1. The highest BCUT2D eigenvalue weighted by Gasteiger charge is 2.48. The maximum Gasteiger partial charge on any atom is 0.163 e. The summed E-state index contributed by atoms with van der Waals surface area (Å²) in [6.07, 6.45) is -4.61. The summed E-state index contributed by atoms with van der Waals surface area (Å²) in [5.41, 5.74) is 3.50. The monoisotopic (exact) mass is 874 g/mol. The normalized spacial score (nSPS) is 27.4. The van der Waals surface area contributed by atoms with Crippen molar-refractivity contribution in [2.24, 2.45) is 0 Å². The molecule has 0 bridgehead atoms. The predicted octanol–water partition coefficient (Wildman–Crippen LogP) is 7.05. The van der Waals surface area contributed by atoms with Gasteiger partial charge < -0.3 is 57.6 Å². The molecule has 4 saturated heterocycles. The first kappa shape index (κ1) is 46.7. The minimum atomic E-state index is -1.06. The van der Waals surface area contributed by atoms with Gasteiger partial charge in [-0.1, -0.05) is 107 Å². The number of alkyl halides is 1. The number of halogens is 1. The van der Waals surface area contributed by atoms with Crippen LogP contribution in [-0.2, 0) is 65.9 Å². The minimum absolute atomic E-state index is 0.252. The molecule has 0 amide bonds. The summed E-state index contributed by atoms with van der Waals surface area (Å²) < 4.78 is 58.9. The minimum Gasteiger partial charge on any atom is -0.387 e. The molecule has 0 radical (unpaired) electrons. The Hall–Kier alpha value is -2.34. The van der Waals surface area contributed by atoms with Gasteiger partial charge in [0.15, 0.2) is 23.1 Å². The van der Waals surface area contributed by atoms with Crippen LogP contribution in [0.25, 0.3) is 0 Å². The highest BCUT2D eigenvalue weighted by molar-refractivity contribution is 9.08. The lowest BCUT2D eigenvalue weighted by atomic mass is 10.0. The van der Waals surface area contributed by atoms with Gasteiger partial charge in [0.2, 0.25) is 0 Å². The number of aliphatic hydroxyl groups excluding tert-OH is 2. The van der Waals surface area contributed by atoms with E-state index in [1.165, 1.54) is 5.56 Å². The fourth-order valence-electron chi connectivity index (χ4n) is 6.89. The van der Waals surface area contributed by atoms with Crippen molar-refractivity contribution >= 4 is 15.9 Å². The topological polar surface area (TPSA) is 133 Å². The van der Waals surface area contributed by atoms with E-state index in [4.69, 9.17) is 47.4 Å². The van der Waals surface area contributed by atoms with Crippen LogP contribution in [0.4, 0.5) is 0 Å². The summed E-state index contributed by atoms with van der Waals surface area (Å²) >= 11 is 3.36. The van der Waals surface area contributed by atoms with E-state index in [1.54, 1.807) is 27.7 Å². The van der Waals surface area contributed by atoms with Gasteiger partial charge in [0.05, 0.1) is 39.6 Å². The molecule has 0 unspecified atom stereocenters. The van der Waals surface area contributed by atoms with Crippen molar-refractivity contribution < 1.29 is 57.6 Å². The first-order valence-electron chi connectivity index (χ1n) is 20.0. The van der Waals surface area contributed by atoms with Crippen LogP contribution in [0.15, 0.2) is 91.0 Å². The molecule has 4 aliphatic heterocycles. The fourth-order valence-corrected chi connectivity index (χ4v) is 7.26. The fraction of sp³-hybridized carbons (Fsp3) is 0.600. The third-order valence-electron chi connectivity index (χ3n) is 9.86. The molecule has 13 heteroatoms. The molecule has 58 heavy (non-hydrogen) atoms. The molecule has 4 heterocycles. The summed E-state index contributed by atoms with van der Waals surface area (Å²) in [6, 6.07) is 30.5. The summed E-state index contributed by atoms with van der Waals surface area (Å²) in [6.45, 7) is 17.0. The first-order chi connectivity index (χ1) is 27.4. The van der Waals surface area contributed by atoms with E-state index in [0.717, 1.165) is 16.5 Å². The van der Waals surface area contributed by atoms with Crippen LogP contribution in [0.5, 0.6) is 0 Å². The van der Waals surface area contributed by atoms with Crippen LogP contribution in [0.3, 0.4) is 0 Å². The van der Waals surface area contributed by atoms with Gasteiger partial charge in [0.1, 0.15) is 48.8 Å². The lowest BCUT2D eigenvalue weighted by Crippen LogP contribution is -2.50. The second kappa shape index (κ2) is 21.0. The molecule has 8 atom stereocenters. The molecular weight excluding hydrogens is 812 g/mol. The lowest BCUT2D eigenvalue weighted by molar-refractivity contribution is -0.208. The summed E-state index contributed by atoms with van der Waals surface area (Å²) in [5, 5.41) is 21.1. The summed E-state index contributed by atoms with van der Waals surface area (Å²) in [7, 11) is 0. The Morgan fingerprint density at radius 3 is 1.00 bits per heavy atom. The number of hydrogen-bond donors (Lipinski definition) is 2. The van der Waals surface area contributed by atoms with Crippen molar-refractivity contribution in [3.05, 3.63) is 108 Å². The molecular formula is C45H63BrO12. The largest absolute Gasteiger partial charge is 0.387 e. The third-order valence-corrected chi connectivity index (χ3v) is 10.5. The molecule has 2 N–H and O–H groups in total. The van der Waals surface area contributed by atoms with E-state index in [0.29, 0.717) is 26.4 Å². The number of hydrogen-bond acceptors (Lipinski definition) is 12. The molecule has 0 spiro atoms. The molecule has 4 aliphatic rings. The molecule has 322 valence electrons. The summed E-state index contributed by atoms with van der Waals surface area (Å²) in [4.78, 5) is 0. The van der Waals surface area contributed by atoms with E-state index < -0.39 is 59.8 Å². The van der Waals surface area contributed by atoms with Gasteiger partial charge in [0.25, 0.3) is 0 Å². The Morgan fingerprint density at radius 1 is 0.483 bits per heavy atom. The molecule has 0 aromatic heterocycles. The van der Waals surface area contributed by atoms with Crippen LogP contribution in [0.1, 0.15) is 72.1 Å². The zero-order chi connectivity index (χ0) is 42.0. The van der Waals surface area contributed by atoms with Gasteiger partial charge in [-0.2, -0.15) is 0 Å². The van der Waals surface area contributed by atoms with Crippen molar-refractivity contribution in [2.75, 3.05) is 26.4 Å². The smallest absolute Gasteiger partial charge is 0.163 e. The number of ether oxygens (including phenoxy) is 10. The van der Waals surface area contributed by atoms with Crippen LogP contribution in [0, 0.1) is 0 Å². The average Bonchev–Trinajstić information content (AvgIpc) is 3.97. The quantitative estimate of drug-likeness (QED) is 0.171. The molecule has 12 nitrogen and oxygen atoms in total. The van der Waals surface area contributed by atoms with Gasteiger partial charge >= 0.3 is 0 Å². The van der Waals surface area contributed by atoms with Gasteiger partial charge in [0, 0.05) is 5.33 Å². The van der Waals surface area contributed by atoms with Gasteiger partial charge in [-0.05, 0) is 72.1 Å². The maximum atomic E-state index is 10.1. The van der Waals surface area contributed by atoms with Crippen LogP contribution in [-0.4, -0.2) is 109 Å². The van der Waals surface area contributed by atoms with Crippen molar-refractivity contribution in [2.45, 2.75) is 146 Å². The zero-order valence-corrected chi connectivity index (χ0v) is 36.7. The maximum absolute atomic E-state index is 10.1. The molecule has 4 fully saturated rings. The molecule has 0 saturated carbocycles. The highest BCUT2D eigenvalue weighted by atomic mass is 79.9. The van der Waals surface area contributed by atoms with Gasteiger partial charge in [-0.3, -0.25) is 0 Å². The zero-order valence-electron chi connectivity index (χ0n) is 35.1. The molecule has 7 rings (SSSR count). The number of aliphatic hydroxyl groups is 2. The standard InChI is InChI=1S/C26H34O6.C12H22O6.C7H7Br/c1-25(2)29-17-21(31-25)23(27-15-19-11-7-5-8-12-19)24(22-18-30-26(3,4)32-22)28-16-20-13-9-6-10-14-20;1-11(2)15-5-7(17-11)9(13)10(14)8-6-16-12(3,4)18-8;8-6-7-4-2-1-3-5-7/h5-14,21-24H,15-18H2,1-4H3;7-10,13-14H,5-6H2,1-4H3;1-5H,6H2/t21-,22-,23-,24-;7-,8-,9-,10-;/m11./s1. The number of benzene rings is 3. The Morgan fingerprint density at radius 2 is 0.759 bits per heavy atom. The van der Waals surface area contributed by atoms with Crippen molar-refractivity contribution in [3.8, 4) is 0 Å². The third kappa shape index (κ3) is 14.4. The Labute approximate surface area is 352 Å². The van der Waals surface area contributed by atoms with E-state index in [2.05, 4.69) is 28.1 Å². The van der Waals surface area contributed by atoms with Crippen molar-refractivity contribution in [1.29, 1.82) is 0 Å². The highest BCUT2D eigenvalue weighted by Crippen LogP contribution is 2.34. The Bertz CT molecular complexity index is 1520. The van der Waals surface area contributed by atoms with Crippen molar-refractivity contribution in [1.82, 2.24) is 0 Å². The Kier molecular flexibility index (Phi) is 16.9. The lowest BCUT2D eigenvalue weighted by Gasteiger charge is -2.34. The molecule has 0 aliphatic carbocycles. The van der Waals surface area contributed by atoms with Crippen LogP contribution >= 0.6 is 15.9 Å². The Balaban J connectivity index is 0.000000205. The van der Waals surface area contributed by atoms with Gasteiger partial charge in [-0.25, -0.2) is 0 Å². The number of rotatable bonds is 13. The van der Waals surface area contributed by atoms with E-state index in [1.807, 2.05) is 107 Å². The van der Waals surface area contributed by atoms with E-state index in [9.17, 15) is 10.2 Å². The second-order valence-corrected chi connectivity index (χ2v) is 17.2. The van der Waals surface area contributed by atoms with Gasteiger partial charge in [-0.15, -0.1) is 0 Å².